The van der Waals surface area contributed by atoms with Crippen molar-refractivity contribution in [1.29, 1.82) is 0 Å². The third-order valence-electron chi connectivity index (χ3n) is 3.88. The summed E-state index contributed by atoms with van der Waals surface area (Å²) in [6.45, 7) is 6.57. The summed E-state index contributed by atoms with van der Waals surface area (Å²) in [5, 5.41) is 11.3. The lowest BCUT2D eigenvalue weighted by Gasteiger charge is -2.26. The Morgan fingerprint density at radius 1 is 1.08 bits per heavy atom. The van der Waals surface area contributed by atoms with Gasteiger partial charge in [0.25, 0.3) is 0 Å². The Balaban J connectivity index is 2.58. The Hall–Kier alpha value is -2.66. The Kier molecular flexibility index (Phi) is 6.31. The summed E-state index contributed by atoms with van der Waals surface area (Å²) in [5.41, 5.74) is 2.32. The number of amides is 1. The highest BCUT2D eigenvalue weighted by atomic mass is 16.5. The van der Waals surface area contributed by atoms with Gasteiger partial charge in [0.15, 0.2) is 0 Å². The summed E-state index contributed by atoms with van der Waals surface area (Å²) in [6.07, 6.45) is 0. The van der Waals surface area contributed by atoms with Crippen molar-refractivity contribution in [3.05, 3.63) is 53.6 Å². The van der Waals surface area contributed by atoms with Crippen LogP contribution in [0.1, 0.15) is 26.3 Å². The number of carbonyl (C=O) groups excluding carboxylic acids is 1. The standard InChI is InChI=1S/C20H23NO4/c1-4-25-13-12-21(19(22)20(23)24)18(14(2)3)17-11-7-9-15-8-5-6-10-16(15)17/h5-11H,4,12-13H2,1-3H3,(H,23,24). The fourth-order valence-corrected chi connectivity index (χ4v) is 2.85. The number of allylic oxidation sites excluding steroid dienone is 1. The Morgan fingerprint density at radius 2 is 1.76 bits per heavy atom. The van der Waals surface area contributed by atoms with Crippen LogP contribution in [0.15, 0.2) is 48.0 Å². The van der Waals surface area contributed by atoms with Gasteiger partial charge in [-0.15, -0.1) is 0 Å². The highest BCUT2D eigenvalue weighted by Gasteiger charge is 2.26. The van der Waals surface area contributed by atoms with Crippen molar-refractivity contribution >= 4 is 28.3 Å². The molecule has 2 aromatic rings. The molecule has 0 bridgehead atoms. The molecule has 0 saturated carbocycles. The minimum atomic E-state index is -1.48. The lowest BCUT2D eigenvalue weighted by atomic mass is 9.99. The van der Waals surface area contributed by atoms with Crippen LogP contribution in [0.4, 0.5) is 0 Å². The molecule has 2 rings (SSSR count). The van der Waals surface area contributed by atoms with Gasteiger partial charge in [-0.2, -0.15) is 0 Å². The van der Waals surface area contributed by atoms with Crippen molar-refractivity contribution in [1.82, 2.24) is 4.90 Å². The van der Waals surface area contributed by atoms with E-state index in [1.807, 2.05) is 63.2 Å². The molecule has 0 aromatic heterocycles. The van der Waals surface area contributed by atoms with Gasteiger partial charge in [0.2, 0.25) is 0 Å². The topological polar surface area (TPSA) is 66.8 Å². The van der Waals surface area contributed by atoms with Crippen LogP contribution in [-0.4, -0.2) is 41.6 Å². The molecular weight excluding hydrogens is 318 g/mol. The van der Waals surface area contributed by atoms with E-state index in [4.69, 9.17) is 4.74 Å². The molecule has 1 amide bonds. The normalized spacial score (nSPS) is 10.5. The first-order valence-corrected chi connectivity index (χ1v) is 8.25. The Labute approximate surface area is 147 Å². The Morgan fingerprint density at radius 3 is 2.40 bits per heavy atom. The predicted molar refractivity (Wildman–Crippen MR) is 98.1 cm³/mol. The lowest BCUT2D eigenvalue weighted by molar-refractivity contribution is -0.154. The van der Waals surface area contributed by atoms with Gasteiger partial charge in [-0.05, 0) is 31.5 Å². The van der Waals surface area contributed by atoms with Crippen LogP contribution < -0.4 is 0 Å². The van der Waals surface area contributed by atoms with Crippen LogP contribution in [0.25, 0.3) is 16.5 Å². The molecule has 1 N–H and O–H groups in total. The third kappa shape index (κ3) is 4.25. The third-order valence-corrected chi connectivity index (χ3v) is 3.88. The zero-order valence-electron chi connectivity index (χ0n) is 14.8. The summed E-state index contributed by atoms with van der Waals surface area (Å²) in [7, 11) is 0. The SMILES string of the molecule is CCOCCN(C(=O)C(=O)O)C(=C(C)C)c1cccc2ccccc12. The number of hydrogen-bond acceptors (Lipinski definition) is 3. The molecule has 5 heteroatoms. The molecule has 0 fully saturated rings. The molecule has 0 aliphatic rings. The molecule has 2 aromatic carbocycles. The minimum absolute atomic E-state index is 0.183. The number of ether oxygens (including phenoxy) is 1. The maximum Gasteiger partial charge on any atom is 0.394 e. The van der Waals surface area contributed by atoms with Crippen molar-refractivity contribution < 1.29 is 19.4 Å². The molecular formula is C20H23NO4. The molecule has 25 heavy (non-hydrogen) atoms. The fraction of sp³-hybridized carbons (Fsp3) is 0.300. The molecule has 5 nitrogen and oxygen atoms in total. The molecule has 0 atom stereocenters. The first-order chi connectivity index (χ1) is 12.0. The second-order valence-electron chi connectivity index (χ2n) is 5.83. The zero-order valence-corrected chi connectivity index (χ0v) is 14.8. The van der Waals surface area contributed by atoms with E-state index >= 15 is 0 Å². The van der Waals surface area contributed by atoms with E-state index in [2.05, 4.69) is 0 Å². The summed E-state index contributed by atoms with van der Waals surface area (Å²) < 4.78 is 5.34. The highest BCUT2D eigenvalue weighted by molar-refractivity contribution is 6.33. The van der Waals surface area contributed by atoms with E-state index in [0.717, 1.165) is 21.9 Å². The number of fused-ring (bicyclic) bond motifs is 1. The maximum atomic E-state index is 12.3. The Bertz CT molecular complexity index is 801. The van der Waals surface area contributed by atoms with Gasteiger partial charge in [0.1, 0.15) is 0 Å². The summed E-state index contributed by atoms with van der Waals surface area (Å²) >= 11 is 0. The summed E-state index contributed by atoms with van der Waals surface area (Å²) in [4.78, 5) is 25.0. The quantitative estimate of drug-likeness (QED) is 0.645. The highest BCUT2D eigenvalue weighted by Crippen LogP contribution is 2.30. The number of carbonyl (C=O) groups is 2. The first kappa shape index (κ1) is 18.7. The summed E-state index contributed by atoms with van der Waals surface area (Å²) in [5.74, 6) is -2.43. The van der Waals surface area contributed by atoms with Crippen molar-refractivity contribution in [2.24, 2.45) is 0 Å². The molecule has 132 valence electrons. The molecule has 0 radical (unpaired) electrons. The molecule has 0 heterocycles. The van der Waals surface area contributed by atoms with Gasteiger partial charge in [0.05, 0.1) is 12.3 Å². The van der Waals surface area contributed by atoms with Crippen LogP contribution in [-0.2, 0) is 14.3 Å². The number of nitrogens with zero attached hydrogens (tertiary/aromatic N) is 1. The summed E-state index contributed by atoms with van der Waals surface area (Å²) in [6, 6.07) is 13.6. The van der Waals surface area contributed by atoms with Crippen molar-refractivity contribution in [3.63, 3.8) is 0 Å². The minimum Gasteiger partial charge on any atom is -0.474 e. The van der Waals surface area contributed by atoms with Crippen LogP contribution >= 0.6 is 0 Å². The van der Waals surface area contributed by atoms with E-state index in [-0.39, 0.29) is 13.2 Å². The van der Waals surface area contributed by atoms with Crippen molar-refractivity contribution in [2.45, 2.75) is 20.8 Å². The fourth-order valence-electron chi connectivity index (χ4n) is 2.85. The monoisotopic (exact) mass is 341 g/mol. The molecule has 0 unspecified atom stereocenters. The van der Waals surface area contributed by atoms with Crippen LogP contribution in [0.2, 0.25) is 0 Å². The average Bonchev–Trinajstić information content (AvgIpc) is 2.60. The average molecular weight is 341 g/mol. The number of carboxylic acids is 1. The lowest BCUT2D eigenvalue weighted by Crippen LogP contribution is -2.38. The molecule has 0 saturated heterocycles. The van der Waals surface area contributed by atoms with Crippen molar-refractivity contribution in [3.8, 4) is 0 Å². The molecule has 0 spiro atoms. The second kappa shape index (κ2) is 8.44. The van der Waals surface area contributed by atoms with E-state index in [9.17, 15) is 14.7 Å². The first-order valence-electron chi connectivity index (χ1n) is 8.25. The van der Waals surface area contributed by atoms with Crippen molar-refractivity contribution in [2.75, 3.05) is 19.8 Å². The van der Waals surface area contributed by atoms with Gasteiger partial charge < -0.3 is 9.84 Å². The molecule has 0 aliphatic carbocycles. The van der Waals surface area contributed by atoms with Gasteiger partial charge in [-0.3, -0.25) is 9.69 Å². The number of benzene rings is 2. The predicted octanol–water partition coefficient (Wildman–Crippen LogP) is 3.54. The number of hydrogen-bond donors (Lipinski definition) is 1. The van der Waals surface area contributed by atoms with E-state index in [1.54, 1.807) is 0 Å². The van der Waals surface area contributed by atoms with E-state index in [1.165, 1.54) is 4.90 Å². The van der Waals surface area contributed by atoms with Crippen LogP contribution in [0, 0.1) is 0 Å². The number of carboxylic acid groups (broad SMARTS) is 1. The van der Waals surface area contributed by atoms with Gasteiger partial charge in [0, 0.05) is 18.7 Å². The molecule has 0 aliphatic heterocycles. The second-order valence-corrected chi connectivity index (χ2v) is 5.83. The van der Waals surface area contributed by atoms with Gasteiger partial charge in [-0.25, -0.2) is 4.79 Å². The maximum absolute atomic E-state index is 12.3. The van der Waals surface area contributed by atoms with Gasteiger partial charge in [-0.1, -0.05) is 48.0 Å². The largest absolute Gasteiger partial charge is 0.474 e. The van der Waals surface area contributed by atoms with E-state index < -0.39 is 11.9 Å². The zero-order chi connectivity index (χ0) is 18.4. The smallest absolute Gasteiger partial charge is 0.394 e. The van der Waals surface area contributed by atoms with Crippen LogP contribution in [0.5, 0.6) is 0 Å². The van der Waals surface area contributed by atoms with E-state index in [0.29, 0.717) is 12.3 Å². The van der Waals surface area contributed by atoms with Gasteiger partial charge >= 0.3 is 11.9 Å². The van der Waals surface area contributed by atoms with Crippen LogP contribution in [0.3, 0.4) is 0 Å². The number of aliphatic carboxylic acids is 1. The number of rotatable bonds is 6.